The van der Waals surface area contributed by atoms with Gasteiger partial charge in [0.2, 0.25) is 5.91 Å². The number of amides is 1. The van der Waals surface area contributed by atoms with Gasteiger partial charge in [0.15, 0.2) is 11.0 Å². The highest BCUT2D eigenvalue weighted by Gasteiger charge is 2.15. The first-order valence-electron chi connectivity index (χ1n) is 9.35. The lowest BCUT2D eigenvalue weighted by Gasteiger charge is -2.19. The molecule has 0 saturated heterocycles. The molecule has 152 valence electrons. The van der Waals surface area contributed by atoms with Gasteiger partial charge < -0.3 is 14.6 Å². The van der Waals surface area contributed by atoms with Crippen molar-refractivity contribution in [3.05, 3.63) is 54.1 Å². The molecule has 1 heterocycles. The highest BCUT2D eigenvalue weighted by Crippen LogP contribution is 2.25. The molecule has 1 amide bonds. The zero-order valence-corrected chi connectivity index (χ0v) is 18.2. The number of hydrogen-bond donors (Lipinski definition) is 1. The fourth-order valence-corrected chi connectivity index (χ4v) is 3.52. The van der Waals surface area contributed by atoms with Crippen LogP contribution in [0.1, 0.15) is 26.3 Å². The molecule has 2 aromatic carbocycles. The molecule has 0 atom stereocenters. The van der Waals surface area contributed by atoms with Crippen molar-refractivity contribution in [1.29, 1.82) is 0 Å². The number of nitrogens with zero attached hydrogens (tertiary/aromatic N) is 3. The van der Waals surface area contributed by atoms with Crippen molar-refractivity contribution in [2.24, 2.45) is 7.05 Å². The van der Waals surface area contributed by atoms with E-state index in [0.29, 0.717) is 5.16 Å². The van der Waals surface area contributed by atoms with Gasteiger partial charge in [-0.1, -0.05) is 44.7 Å². The Morgan fingerprint density at radius 1 is 1.07 bits per heavy atom. The Labute approximate surface area is 175 Å². The van der Waals surface area contributed by atoms with E-state index in [9.17, 15) is 4.79 Å². The van der Waals surface area contributed by atoms with Gasteiger partial charge in [0.25, 0.3) is 0 Å². The molecule has 0 aliphatic rings. The molecular formula is C22H26N4O2S. The van der Waals surface area contributed by atoms with Crippen LogP contribution in [0, 0.1) is 0 Å². The zero-order chi connectivity index (χ0) is 21.0. The third-order valence-corrected chi connectivity index (χ3v) is 5.57. The van der Waals surface area contributed by atoms with Crippen molar-refractivity contribution in [3.8, 4) is 17.1 Å². The average Bonchev–Trinajstić information content (AvgIpc) is 3.06. The first kappa shape index (κ1) is 20.9. The zero-order valence-electron chi connectivity index (χ0n) is 17.4. The predicted octanol–water partition coefficient (Wildman–Crippen LogP) is 4.52. The second-order valence-electron chi connectivity index (χ2n) is 7.76. The predicted molar refractivity (Wildman–Crippen MR) is 117 cm³/mol. The molecule has 0 unspecified atom stereocenters. The second-order valence-corrected chi connectivity index (χ2v) is 8.70. The first-order chi connectivity index (χ1) is 13.8. The number of hydrogen-bond acceptors (Lipinski definition) is 5. The summed E-state index contributed by atoms with van der Waals surface area (Å²) in [6.45, 7) is 6.50. The van der Waals surface area contributed by atoms with Crippen molar-refractivity contribution in [3.63, 3.8) is 0 Å². The Kier molecular flexibility index (Phi) is 6.27. The fourth-order valence-electron chi connectivity index (χ4n) is 2.81. The van der Waals surface area contributed by atoms with Crippen LogP contribution in [-0.4, -0.2) is 33.5 Å². The fraction of sp³-hybridized carbons (Fsp3) is 0.318. The van der Waals surface area contributed by atoms with Gasteiger partial charge in [0.05, 0.1) is 12.9 Å². The van der Waals surface area contributed by atoms with Gasteiger partial charge in [-0.2, -0.15) is 0 Å². The third kappa shape index (κ3) is 5.17. The molecule has 6 nitrogen and oxygen atoms in total. The van der Waals surface area contributed by atoms with Gasteiger partial charge in [0.1, 0.15) is 5.75 Å². The number of methoxy groups -OCH3 is 1. The van der Waals surface area contributed by atoms with Gasteiger partial charge in [-0.05, 0) is 47.4 Å². The quantitative estimate of drug-likeness (QED) is 0.605. The van der Waals surface area contributed by atoms with Crippen LogP contribution in [0.3, 0.4) is 0 Å². The largest absolute Gasteiger partial charge is 0.497 e. The van der Waals surface area contributed by atoms with E-state index in [1.807, 2.05) is 60.1 Å². The van der Waals surface area contributed by atoms with Gasteiger partial charge in [-0.15, -0.1) is 10.2 Å². The Bertz CT molecular complexity index is 974. The average molecular weight is 411 g/mol. The maximum absolute atomic E-state index is 12.3. The number of carbonyl (C=O) groups excluding carboxylic acids is 1. The summed E-state index contributed by atoms with van der Waals surface area (Å²) >= 11 is 1.36. The Morgan fingerprint density at radius 3 is 2.31 bits per heavy atom. The van der Waals surface area contributed by atoms with Crippen molar-refractivity contribution in [1.82, 2.24) is 14.8 Å². The van der Waals surface area contributed by atoms with E-state index < -0.39 is 0 Å². The third-order valence-electron chi connectivity index (χ3n) is 4.55. The van der Waals surface area contributed by atoms with Crippen LogP contribution in [0.15, 0.2) is 53.7 Å². The topological polar surface area (TPSA) is 69.0 Å². The van der Waals surface area contributed by atoms with Crippen LogP contribution < -0.4 is 10.1 Å². The summed E-state index contributed by atoms with van der Waals surface area (Å²) in [6.07, 6.45) is 0. The molecular weight excluding hydrogens is 384 g/mol. The van der Waals surface area contributed by atoms with Crippen molar-refractivity contribution in [2.45, 2.75) is 31.3 Å². The molecule has 0 aliphatic carbocycles. The summed E-state index contributed by atoms with van der Waals surface area (Å²) < 4.78 is 7.07. The molecule has 0 aliphatic heterocycles. The first-order valence-corrected chi connectivity index (χ1v) is 10.3. The smallest absolute Gasteiger partial charge is 0.234 e. The van der Waals surface area contributed by atoms with Crippen LogP contribution in [0.4, 0.5) is 5.69 Å². The number of anilines is 1. The molecule has 3 aromatic rings. The summed E-state index contributed by atoms with van der Waals surface area (Å²) in [6, 6.07) is 15.6. The lowest BCUT2D eigenvalue weighted by atomic mass is 9.87. The summed E-state index contributed by atoms with van der Waals surface area (Å²) in [5, 5.41) is 12.1. The van der Waals surface area contributed by atoms with Crippen LogP contribution >= 0.6 is 11.8 Å². The SMILES string of the molecule is COc1ccc(-c2nnc(SCC(=O)Nc3ccc(C(C)(C)C)cc3)n2C)cc1. The van der Waals surface area contributed by atoms with E-state index in [4.69, 9.17) is 4.74 Å². The molecule has 0 radical (unpaired) electrons. The monoisotopic (exact) mass is 410 g/mol. The van der Waals surface area contributed by atoms with Crippen LogP contribution in [0.5, 0.6) is 5.75 Å². The number of benzene rings is 2. The summed E-state index contributed by atoms with van der Waals surface area (Å²) in [4.78, 5) is 12.3. The molecule has 0 bridgehead atoms. The van der Waals surface area contributed by atoms with E-state index >= 15 is 0 Å². The lowest BCUT2D eigenvalue weighted by molar-refractivity contribution is -0.113. The minimum absolute atomic E-state index is 0.0764. The van der Waals surface area contributed by atoms with Crippen LogP contribution in [0.25, 0.3) is 11.4 Å². The van der Waals surface area contributed by atoms with E-state index in [-0.39, 0.29) is 17.1 Å². The number of thioether (sulfide) groups is 1. The van der Waals surface area contributed by atoms with E-state index in [1.165, 1.54) is 17.3 Å². The van der Waals surface area contributed by atoms with Crippen LogP contribution in [-0.2, 0) is 17.3 Å². The van der Waals surface area contributed by atoms with Crippen LogP contribution in [0.2, 0.25) is 0 Å². The van der Waals surface area contributed by atoms with E-state index in [1.54, 1.807) is 7.11 Å². The van der Waals surface area contributed by atoms with E-state index in [0.717, 1.165) is 22.8 Å². The summed E-state index contributed by atoms with van der Waals surface area (Å²) in [7, 11) is 3.53. The molecule has 1 aromatic heterocycles. The summed E-state index contributed by atoms with van der Waals surface area (Å²) in [5.41, 5.74) is 3.05. The Hall–Kier alpha value is -2.80. The number of nitrogens with one attached hydrogen (secondary N) is 1. The maximum atomic E-state index is 12.3. The molecule has 7 heteroatoms. The summed E-state index contributed by atoms with van der Waals surface area (Å²) in [5.74, 6) is 1.72. The number of rotatable bonds is 6. The van der Waals surface area contributed by atoms with Crippen molar-refractivity contribution >= 4 is 23.4 Å². The minimum Gasteiger partial charge on any atom is -0.497 e. The van der Waals surface area contributed by atoms with Gasteiger partial charge >= 0.3 is 0 Å². The second kappa shape index (κ2) is 8.69. The Balaban J connectivity index is 1.60. The maximum Gasteiger partial charge on any atom is 0.234 e. The molecule has 0 spiro atoms. The normalized spacial score (nSPS) is 11.3. The highest BCUT2D eigenvalue weighted by atomic mass is 32.2. The molecule has 0 fully saturated rings. The Morgan fingerprint density at radius 2 is 1.72 bits per heavy atom. The van der Waals surface area contributed by atoms with Gasteiger partial charge in [-0.3, -0.25) is 4.79 Å². The van der Waals surface area contributed by atoms with Crippen molar-refractivity contribution in [2.75, 3.05) is 18.2 Å². The van der Waals surface area contributed by atoms with Gasteiger partial charge in [-0.25, -0.2) is 0 Å². The standard InChI is InChI=1S/C22H26N4O2S/c1-22(2,3)16-8-10-17(11-9-16)23-19(27)14-29-21-25-24-20(26(21)4)15-6-12-18(28-5)13-7-15/h6-13H,14H2,1-5H3,(H,23,27). The molecule has 29 heavy (non-hydrogen) atoms. The molecule has 0 saturated carbocycles. The number of aromatic nitrogens is 3. The number of carbonyl (C=O) groups is 1. The van der Waals surface area contributed by atoms with Crippen molar-refractivity contribution < 1.29 is 9.53 Å². The van der Waals surface area contributed by atoms with E-state index in [2.05, 4.69) is 36.3 Å². The highest BCUT2D eigenvalue weighted by molar-refractivity contribution is 7.99. The lowest BCUT2D eigenvalue weighted by Crippen LogP contribution is -2.15. The molecule has 1 N–H and O–H groups in total. The van der Waals surface area contributed by atoms with Gasteiger partial charge in [0, 0.05) is 18.3 Å². The minimum atomic E-state index is -0.0764. The molecule has 3 rings (SSSR count). The number of ether oxygens (including phenoxy) is 1.